The molecular weight excluding hydrogens is 384 g/mol. The van der Waals surface area contributed by atoms with Crippen molar-refractivity contribution in [3.05, 3.63) is 10.4 Å². The van der Waals surface area contributed by atoms with Crippen LogP contribution in [0.5, 0.6) is 0 Å². The van der Waals surface area contributed by atoms with Gasteiger partial charge in [-0.25, -0.2) is 0 Å². The van der Waals surface area contributed by atoms with Crippen molar-refractivity contribution in [3.63, 3.8) is 0 Å². The lowest BCUT2D eigenvalue weighted by Crippen LogP contribution is -2.36. The van der Waals surface area contributed by atoms with Crippen LogP contribution in [-0.2, 0) is 14.3 Å². The lowest BCUT2D eigenvalue weighted by molar-refractivity contribution is -0.144. The van der Waals surface area contributed by atoms with Crippen molar-refractivity contribution in [2.45, 2.75) is 109 Å². The Kier molecular flexibility index (Phi) is 14.8. The van der Waals surface area contributed by atoms with Crippen LogP contribution in [0, 0.1) is 0 Å². The average molecular weight is 425 g/mol. The van der Waals surface area contributed by atoms with Crippen LogP contribution in [0.1, 0.15) is 96.8 Å². The fourth-order valence-electron chi connectivity index (χ4n) is 4.03. The van der Waals surface area contributed by atoms with E-state index in [-0.39, 0.29) is 12.4 Å². The summed E-state index contributed by atoms with van der Waals surface area (Å²) in [6, 6.07) is -0.847. The van der Waals surface area contributed by atoms with Crippen molar-refractivity contribution in [1.82, 2.24) is 4.90 Å². The van der Waals surface area contributed by atoms with Gasteiger partial charge >= 0.3 is 11.9 Å². The van der Waals surface area contributed by atoms with Crippen molar-refractivity contribution in [2.75, 3.05) is 19.7 Å². The van der Waals surface area contributed by atoms with Crippen LogP contribution in [0.15, 0.2) is 5.11 Å². The zero-order valence-electron chi connectivity index (χ0n) is 18.6. The minimum atomic E-state index is -0.779. The maximum Gasteiger partial charge on any atom is 0.320 e. The van der Waals surface area contributed by atoms with E-state index in [1.807, 2.05) is 4.90 Å². The number of carboxylic acid groups (broad SMARTS) is 1. The van der Waals surface area contributed by atoms with Gasteiger partial charge in [0.05, 0.1) is 13.0 Å². The summed E-state index contributed by atoms with van der Waals surface area (Å²) in [5.74, 6) is -1.10. The normalized spacial score (nSPS) is 17.4. The van der Waals surface area contributed by atoms with Crippen molar-refractivity contribution in [3.8, 4) is 0 Å². The molecule has 1 N–H and O–H groups in total. The Morgan fingerprint density at radius 1 is 1.13 bits per heavy atom. The molecule has 0 amide bonds. The molecule has 1 rings (SSSR count). The highest BCUT2D eigenvalue weighted by molar-refractivity contribution is 5.73. The first-order chi connectivity index (χ1) is 14.6. The van der Waals surface area contributed by atoms with E-state index in [4.69, 9.17) is 10.3 Å². The monoisotopic (exact) mass is 424 g/mol. The van der Waals surface area contributed by atoms with Crippen LogP contribution in [0.2, 0.25) is 0 Å². The van der Waals surface area contributed by atoms with Crippen molar-refractivity contribution < 1.29 is 19.4 Å². The molecule has 1 aliphatic rings. The number of esters is 1. The Balaban J connectivity index is 2.12. The zero-order valence-corrected chi connectivity index (χ0v) is 18.6. The number of hydrogen-bond donors (Lipinski definition) is 1. The summed E-state index contributed by atoms with van der Waals surface area (Å²) in [7, 11) is 0. The average Bonchev–Trinajstić information content (AvgIpc) is 3.18. The number of rotatable bonds is 18. The SMILES string of the molecule is CCCCCCCCCCCOC(=O)C[C@H](CCCN1CCCC1C(=O)O)N=[N+]=[N-]. The summed E-state index contributed by atoms with van der Waals surface area (Å²) >= 11 is 0. The number of azide groups is 1. The number of carboxylic acids is 1. The second kappa shape index (κ2) is 16.9. The van der Waals surface area contributed by atoms with Crippen LogP contribution in [0.3, 0.4) is 0 Å². The van der Waals surface area contributed by atoms with Gasteiger partial charge in [0.1, 0.15) is 6.04 Å². The van der Waals surface area contributed by atoms with E-state index in [0.29, 0.717) is 32.4 Å². The molecule has 0 aromatic rings. The van der Waals surface area contributed by atoms with Gasteiger partial charge < -0.3 is 9.84 Å². The van der Waals surface area contributed by atoms with Crippen molar-refractivity contribution in [2.24, 2.45) is 5.11 Å². The number of ether oxygens (including phenoxy) is 1. The Morgan fingerprint density at radius 2 is 1.80 bits per heavy atom. The van der Waals surface area contributed by atoms with E-state index in [1.54, 1.807) is 0 Å². The summed E-state index contributed by atoms with van der Waals surface area (Å²) in [6.45, 7) is 4.07. The highest BCUT2D eigenvalue weighted by Gasteiger charge is 2.29. The third kappa shape index (κ3) is 12.0. The van der Waals surface area contributed by atoms with Crippen molar-refractivity contribution in [1.29, 1.82) is 0 Å². The predicted octanol–water partition coefficient (Wildman–Crippen LogP) is 5.46. The molecule has 1 heterocycles. The summed E-state index contributed by atoms with van der Waals surface area (Å²) in [6.07, 6.45) is 13.8. The number of carbonyl (C=O) groups excluding carboxylic acids is 1. The molecule has 2 atom stereocenters. The van der Waals surface area contributed by atoms with Crippen LogP contribution in [0.25, 0.3) is 10.4 Å². The summed E-state index contributed by atoms with van der Waals surface area (Å²) in [5.41, 5.74) is 8.76. The molecule has 0 spiro atoms. The second-order valence-corrected chi connectivity index (χ2v) is 8.29. The fraction of sp³-hybridized carbons (Fsp3) is 0.909. The highest BCUT2D eigenvalue weighted by Crippen LogP contribution is 2.19. The van der Waals surface area contributed by atoms with E-state index in [2.05, 4.69) is 16.9 Å². The predicted molar refractivity (Wildman–Crippen MR) is 117 cm³/mol. The lowest BCUT2D eigenvalue weighted by atomic mass is 10.1. The van der Waals surface area contributed by atoms with Gasteiger partial charge in [-0.3, -0.25) is 14.5 Å². The highest BCUT2D eigenvalue weighted by atomic mass is 16.5. The third-order valence-corrected chi connectivity index (χ3v) is 5.76. The summed E-state index contributed by atoms with van der Waals surface area (Å²) in [5, 5.41) is 12.9. The third-order valence-electron chi connectivity index (χ3n) is 5.76. The number of nitrogens with zero attached hydrogens (tertiary/aromatic N) is 4. The molecule has 30 heavy (non-hydrogen) atoms. The first-order valence-corrected chi connectivity index (χ1v) is 11.7. The van der Waals surface area contributed by atoms with Gasteiger partial charge in [-0.15, -0.1) is 0 Å². The molecule has 0 bridgehead atoms. The molecule has 8 heteroatoms. The molecule has 0 aromatic carbocycles. The fourth-order valence-corrected chi connectivity index (χ4v) is 4.03. The van der Waals surface area contributed by atoms with Crippen LogP contribution < -0.4 is 0 Å². The van der Waals surface area contributed by atoms with Crippen LogP contribution >= 0.6 is 0 Å². The Hall–Kier alpha value is -1.79. The number of hydrogen-bond acceptors (Lipinski definition) is 5. The molecule has 0 aromatic heterocycles. The number of unbranched alkanes of at least 4 members (excludes halogenated alkanes) is 8. The minimum Gasteiger partial charge on any atom is -0.480 e. The minimum absolute atomic E-state index is 0.0872. The van der Waals surface area contributed by atoms with Crippen LogP contribution in [0.4, 0.5) is 0 Å². The molecule has 1 saturated heterocycles. The summed E-state index contributed by atoms with van der Waals surface area (Å²) in [4.78, 5) is 28.1. The van der Waals surface area contributed by atoms with Gasteiger partial charge in [0.2, 0.25) is 0 Å². The maximum atomic E-state index is 12.0. The maximum absolute atomic E-state index is 12.0. The van der Waals surface area contributed by atoms with Gasteiger partial charge in [0.25, 0.3) is 0 Å². The number of aliphatic carboxylic acids is 1. The Bertz CT molecular complexity index is 537. The second-order valence-electron chi connectivity index (χ2n) is 8.29. The lowest BCUT2D eigenvalue weighted by Gasteiger charge is -2.21. The molecule has 0 saturated carbocycles. The standard InChI is InChI=1S/C22H40N4O4/c1-2-3-4-5-6-7-8-9-10-17-30-21(27)18-19(24-25-23)13-11-15-26-16-12-14-20(26)22(28)29/h19-20H,2-18H2,1H3,(H,28,29)/t19-,20?/m0/s1. The van der Waals surface area contributed by atoms with Gasteiger partial charge in [0, 0.05) is 11.0 Å². The first kappa shape index (κ1) is 26.2. The van der Waals surface area contributed by atoms with Gasteiger partial charge in [0.15, 0.2) is 0 Å². The molecule has 0 aliphatic carbocycles. The topological polar surface area (TPSA) is 116 Å². The van der Waals surface area contributed by atoms with E-state index < -0.39 is 18.1 Å². The van der Waals surface area contributed by atoms with Crippen molar-refractivity contribution >= 4 is 11.9 Å². The van der Waals surface area contributed by atoms with Crippen LogP contribution in [-0.4, -0.2) is 53.7 Å². The molecule has 1 unspecified atom stereocenters. The smallest absolute Gasteiger partial charge is 0.320 e. The quantitative estimate of drug-likeness (QED) is 0.103. The molecule has 0 radical (unpaired) electrons. The van der Waals surface area contributed by atoms with Gasteiger partial charge in [-0.1, -0.05) is 63.4 Å². The first-order valence-electron chi connectivity index (χ1n) is 11.7. The van der Waals surface area contributed by atoms with E-state index in [0.717, 1.165) is 25.8 Å². The largest absolute Gasteiger partial charge is 0.480 e. The molecule has 1 aliphatic heterocycles. The molecular formula is C22H40N4O4. The van der Waals surface area contributed by atoms with Gasteiger partial charge in [-0.05, 0) is 50.7 Å². The number of likely N-dealkylation sites (tertiary alicyclic amines) is 1. The van der Waals surface area contributed by atoms with E-state index >= 15 is 0 Å². The zero-order chi connectivity index (χ0) is 22.0. The molecule has 8 nitrogen and oxygen atoms in total. The van der Waals surface area contributed by atoms with E-state index in [9.17, 15) is 14.7 Å². The Morgan fingerprint density at radius 3 is 2.43 bits per heavy atom. The summed E-state index contributed by atoms with van der Waals surface area (Å²) < 4.78 is 5.30. The molecule has 172 valence electrons. The van der Waals surface area contributed by atoms with E-state index in [1.165, 1.54) is 44.9 Å². The molecule has 1 fully saturated rings. The number of carbonyl (C=O) groups is 2. The Labute approximate surface area is 181 Å². The van der Waals surface area contributed by atoms with Gasteiger partial charge in [-0.2, -0.15) is 0 Å².